The number of aromatic nitrogens is 1. The molecule has 122 valence electrons. The van der Waals surface area contributed by atoms with Gasteiger partial charge in [-0.2, -0.15) is 0 Å². The number of nitrogens with zero attached hydrogens (tertiary/aromatic N) is 2. The van der Waals surface area contributed by atoms with Crippen molar-refractivity contribution >= 4 is 15.7 Å². The first-order chi connectivity index (χ1) is 10.4. The molecule has 1 aromatic rings. The minimum absolute atomic E-state index is 0.0413. The minimum atomic E-state index is -3.01. The highest BCUT2D eigenvalue weighted by atomic mass is 32.2. The Hall–Kier alpha value is -1.43. The van der Waals surface area contributed by atoms with E-state index in [9.17, 15) is 13.2 Å². The largest absolute Gasteiger partial charge is 0.334 e. The molecule has 0 aromatic carbocycles. The normalized spacial score (nSPS) is 20.2. The maximum atomic E-state index is 12.6. The summed E-state index contributed by atoms with van der Waals surface area (Å²) in [5.41, 5.74) is 0.935. The molecule has 0 unspecified atom stereocenters. The van der Waals surface area contributed by atoms with Crippen molar-refractivity contribution < 1.29 is 13.2 Å². The van der Waals surface area contributed by atoms with Crippen LogP contribution in [0.5, 0.6) is 0 Å². The zero-order valence-electron chi connectivity index (χ0n) is 13.2. The van der Waals surface area contributed by atoms with Crippen LogP contribution >= 0.6 is 0 Å². The maximum absolute atomic E-state index is 12.6. The quantitative estimate of drug-likeness (QED) is 0.803. The first-order valence-electron chi connectivity index (χ1n) is 7.76. The van der Waals surface area contributed by atoms with Gasteiger partial charge >= 0.3 is 0 Å². The SMILES string of the molecule is CC(C)CCC(=O)N(Cc1cccnc1)[C@H]1CCS(=O)(=O)C1. The molecule has 1 saturated heterocycles. The van der Waals surface area contributed by atoms with E-state index in [2.05, 4.69) is 18.8 Å². The lowest BCUT2D eigenvalue weighted by atomic mass is 10.1. The van der Waals surface area contributed by atoms with E-state index in [1.54, 1.807) is 17.3 Å². The van der Waals surface area contributed by atoms with E-state index in [-0.39, 0.29) is 23.5 Å². The third-order valence-corrected chi connectivity index (χ3v) is 5.73. The van der Waals surface area contributed by atoms with Crippen molar-refractivity contribution in [3.05, 3.63) is 30.1 Å². The molecule has 0 saturated carbocycles. The van der Waals surface area contributed by atoms with Crippen LogP contribution in [-0.4, -0.2) is 41.8 Å². The second-order valence-electron chi connectivity index (χ2n) is 6.37. The zero-order chi connectivity index (χ0) is 16.2. The van der Waals surface area contributed by atoms with Gasteiger partial charge in [0, 0.05) is 31.4 Å². The van der Waals surface area contributed by atoms with Crippen molar-refractivity contribution in [3.8, 4) is 0 Å². The van der Waals surface area contributed by atoms with E-state index >= 15 is 0 Å². The molecule has 1 atom stereocenters. The number of hydrogen-bond donors (Lipinski definition) is 0. The van der Waals surface area contributed by atoms with Crippen LogP contribution in [0.15, 0.2) is 24.5 Å². The smallest absolute Gasteiger partial charge is 0.223 e. The lowest BCUT2D eigenvalue weighted by Crippen LogP contribution is -2.40. The summed E-state index contributed by atoms with van der Waals surface area (Å²) in [6, 6.07) is 3.54. The van der Waals surface area contributed by atoms with Gasteiger partial charge in [-0.25, -0.2) is 8.42 Å². The third-order valence-electron chi connectivity index (χ3n) is 3.98. The molecule has 1 aliphatic rings. The van der Waals surface area contributed by atoms with Crippen LogP contribution in [0, 0.1) is 5.92 Å². The fraction of sp³-hybridized carbons (Fsp3) is 0.625. The Bertz CT molecular complexity index is 599. The number of carbonyl (C=O) groups excluding carboxylic acids is 1. The van der Waals surface area contributed by atoms with Crippen LogP contribution in [-0.2, 0) is 21.2 Å². The number of sulfone groups is 1. The molecule has 0 aliphatic carbocycles. The van der Waals surface area contributed by atoms with E-state index in [4.69, 9.17) is 0 Å². The molecule has 0 spiro atoms. The first-order valence-corrected chi connectivity index (χ1v) is 9.58. The molecule has 0 N–H and O–H groups in total. The fourth-order valence-corrected chi connectivity index (χ4v) is 4.42. The summed E-state index contributed by atoms with van der Waals surface area (Å²) in [6.45, 7) is 4.60. The molecule has 6 heteroatoms. The highest BCUT2D eigenvalue weighted by Gasteiger charge is 2.34. The molecular formula is C16H24N2O3S. The van der Waals surface area contributed by atoms with E-state index < -0.39 is 9.84 Å². The van der Waals surface area contributed by atoms with Gasteiger partial charge < -0.3 is 4.90 Å². The fourth-order valence-electron chi connectivity index (χ4n) is 2.69. The number of pyridine rings is 1. The average Bonchev–Trinajstić information content (AvgIpc) is 2.83. The average molecular weight is 324 g/mol. The van der Waals surface area contributed by atoms with Gasteiger partial charge in [0.1, 0.15) is 0 Å². The molecule has 5 nitrogen and oxygen atoms in total. The van der Waals surface area contributed by atoms with Crippen molar-refractivity contribution in [2.24, 2.45) is 5.92 Å². The number of carbonyl (C=O) groups is 1. The molecule has 1 aromatic heterocycles. The highest BCUT2D eigenvalue weighted by Crippen LogP contribution is 2.21. The Balaban J connectivity index is 2.11. The van der Waals surface area contributed by atoms with Crippen LogP contribution in [0.3, 0.4) is 0 Å². The van der Waals surface area contributed by atoms with Crippen molar-refractivity contribution in [2.45, 2.75) is 45.7 Å². The molecule has 1 amide bonds. The van der Waals surface area contributed by atoms with Gasteiger partial charge in [0.05, 0.1) is 11.5 Å². The van der Waals surface area contributed by atoms with E-state index in [0.29, 0.717) is 25.3 Å². The van der Waals surface area contributed by atoms with Gasteiger partial charge in [-0.1, -0.05) is 19.9 Å². The Morgan fingerprint density at radius 2 is 2.23 bits per heavy atom. The molecular weight excluding hydrogens is 300 g/mol. The Labute approximate surface area is 132 Å². The molecule has 0 radical (unpaired) electrons. The minimum Gasteiger partial charge on any atom is -0.334 e. The molecule has 2 rings (SSSR count). The molecule has 1 aliphatic heterocycles. The van der Waals surface area contributed by atoms with Crippen molar-refractivity contribution in [1.29, 1.82) is 0 Å². The van der Waals surface area contributed by atoms with Crippen LogP contribution < -0.4 is 0 Å². The summed E-state index contributed by atoms with van der Waals surface area (Å²) in [7, 11) is -3.01. The molecule has 0 bridgehead atoms. The third kappa shape index (κ3) is 4.80. The van der Waals surface area contributed by atoms with Gasteiger partial charge in [-0.3, -0.25) is 9.78 Å². The Kier molecular flexibility index (Phi) is 5.56. The van der Waals surface area contributed by atoms with Crippen LogP contribution in [0.2, 0.25) is 0 Å². The Morgan fingerprint density at radius 3 is 2.77 bits per heavy atom. The summed E-state index contributed by atoms with van der Waals surface area (Å²) in [6.07, 6.45) is 5.24. The zero-order valence-corrected chi connectivity index (χ0v) is 14.1. The second-order valence-corrected chi connectivity index (χ2v) is 8.60. The summed E-state index contributed by atoms with van der Waals surface area (Å²) in [5, 5.41) is 0. The topological polar surface area (TPSA) is 67.3 Å². The maximum Gasteiger partial charge on any atom is 0.223 e. The summed E-state index contributed by atoms with van der Waals surface area (Å²) in [5.74, 6) is 0.760. The van der Waals surface area contributed by atoms with Gasteiger partial charge in [0.2, 0.25) is 5.91 Å². The summed E-state index contributed by atoms with van der Waals surface area (Å²) < 4.78 is 23.5. The molecule has 2 heterocycles. The predicted octanol–water partition coefficient (Wildman–Crippen LogP) is 2.03. The standard InChI is InChI=1S/C16H24N2O3S/c1-13(2)5-6-16(19)18(11-14-4-3-8-17-10-14)15-7-9-22(20,21)12-15/h3-4,8,10,13,15H,5-7,9,11-12H2,1-2H3/t15-/m0/s1. The van der Waals surface area contributed by atoms with Gasteiger partial charge in [0.15, 0.2) is 9.84 Å². The van der Waals surface area contributed by atoms with Crippen LogP contribution in [0.1, 0.15) is 38.7 Å². The van der Waals surface area contributed by atoms with Gasteiger partial charge in [0.25, 0.3) is 0 Å². The van der Waals surface area contributed by atoms with Crippen LogP contribution in [0.25, 0.3) is 0 Å². The lowest BCUT2D eigenvalue weighted by molar-refractivity contribution is -0.134. The van der Waals surface area contributed by atoms with Crippen molar-refractivity contribution in [2.75, 3.05) is 11.5 Å². The second kappa shape index (κ2) is 7.22. The predicted molar refractivity (Wildman–Crippen MR) is 85.9 cm³/mol. The van der Waals surface area contributed by atoms with E-state index in [1.807, 2.05) is 12.1 Å². The number of hydrogen-bond acceptors (Lipinski definition) is 4. The van der Waals surface area contributed by atoms with E-state index in [1.165, 1.54) is 0 Å². The van der Waals surface area contributed by atoms with Gasteiger partial charge in [-0.15, -0.1) is 0 Å². The molecule has 22 heavy (non-hydrogen) atoms. The monoisotopic (exact) mass is 324 g/mol. The highest BCUT2D eigenvalue weighted by molar-refractivity contribution is 7.91. The number of rotatable bonds is 6. The first kappa shape index (κ1) is 16.9. The van der Waals surface area contributed by atoms with Crippen molar-refractivity contribution in [1.82, 2.24) is 9.88 Å². The van der Waals surface area contributed by atoms with Gasteiger partial charge in [-0.05, 0) is 30.4 Å². The van der Waals surface area contributed by atoms with Crippen LogP contribution in [0.4, 0.5) is 0 Å². The summed E-state index contributed by atoms with van der Waals surface area (Å²) >= 11 is 0. The lowest BCUT2D eigenvalue weighted by Gasteiger charge is -2.28. The Morgan fingerprint density at radius 1 is 1.45 bits per heavy atom. The molecule has 1 fully saturated rings. The summed E-state index contributed by atoms with van der Waals surface area (Å²) in [4.78, 5) is 18.4. The van der Waals surface area contributed by atoms with E-state index in [0.717, 1.165) is 12.0 Å². The van der Waals surface area contributed by atoms with Crippen molar-refractivity contribution in [3.63, 3.8) is 0 Å². The number of amides is 1.